The fraction of sp³-hybridized carbons (Fsp3) is 0.308. The normalized spacial score (nSPS) is 11.2. The van der Waals surface area contributed by atoms with Crippen LogP contribution in [0.3, 0.4) is 0 Å². The predicted molar refractivity (Wildman–Crippen MR) is 73.9 cm³/mol. The standard InChI is InChI=1S/C13H14Cl2N2O/c1-7(2)13-8(6-16)12(17-18-13)11-9(14)4-3-5-10(11)15/h3-5,7H,6,16H2,1-2H3. The van der Waals surface area contributed by atoms with E-state index in [4.69, 9.17) is 33.5 Å². The molecule has 2 rings (SSSR count). The first-order chi connectivity index (χ1) is 8.56. The van der Waals surface area contributed by atoms with Gasteiger partial charge in [0.2, 0.25) is 0 Å². The number of rotatable bonds is 3. The van der Waals surface area contributed by atoms with E-state index < -0.39 is 0 Å². The van der Waals surface area contributed by atoms with Gasteiger partial charge in [0.05, 0.1) is 10.0 Å². The van der Waals surface area contributed by atoms with Crippen molar-refractivity contribution < 1.29 is 4.52 Å². The van der Waals surface area contributed by atoms with Crippen molar-refractivity contribution in [1.82, 2.24) is 5.16 Å². The van der Waals surface area contributed by atoms with Crippen LogP contribution in [0, 0.1) is 0 Å². The van der Waals surface area contributed by atoms with E-state index in [0.29, 0.717) is 27.8 Å². The fourth-order valence-electron chi connectivity index (χ4n) is 1.89. The van der Waals surface area contributed by atoms with Crippen LogP contribution in [-0.4, -0.2) is 5.16 Å². The number of aromatic nitrogens is 1. The van der Waals surface area contributed by atoms with E-state index in [0.717, 1.165) is 11.3 Å². The molecule has 18 heavy (non-hydrogen) atoms. The molecule has 0 aliphatic heterocycles. The Labute approximate surface area is 116 Å². The molecular formula is C13H14Cl2N2O. The van der Waals surface area contributed by atoms with Crippen molar-refractivity contribution in [3.05, 3.63) is 39.6 Å². The van der Waals surface area contributed by atoms with Crippen LogP contribution in [0.25, 0.3) is 11.3 Å². The summed E-state index contributed by atoms with van der Waals surface area (Å²) in [5, 5.41) is 5.16. The molecule has 0 amide bonds. The number of hydrogen-bond donors (Lipinski definition) is 1. The van der Waals surface area contributed by atoms with Crippen LogP contribution in [0.15, 0.2) is 22.7 Å². The van der Waals surface area contributed by atoms with Crippen molar-refractivity contribution in [1.29, 1.82) is 0 Å². The minimum atomic E-state index is 0.214. The molecule has 0 aliphatic carbocycles. The highest BCUT2D eigenvalue weighted by atomic mass is 35.5. The minimum absolute atomic E-state index is 0.214. The highest BCUT2D eigenvalue weighted by Crippen LogP contribution is 2.37. The Kier molecular flexibility index (Phi) is 3.95. The number of hydrogen-bond acceptors (Lipinski definition) is 3. The molecule has 0 saturated heterocycles. The maximum absolute atomic E-state index is 6.17. The first-order valence-corrected chi connectivity index (χ1v) is 6.44. The van der Waals surface area contributed by atoms with Crippen molar-refractivity contribution in [2.24, 2.45) is 5.73 Å². The highest BCUT2D eigenvalue weighted by molar-refractivity contribution is 6.39. The van der Waals surface area contributed by atoms with Gasteiger partial charge in [-0.1, -0.05) is 48.3 Å². The van der Waals surface area contributed by atoms with Gasteiger partial charge in [-0.2, -0.15) is 0 Å². The van der Waals surface area contributed by atoms with Crippen LogP contribution < -0.4 is 5.73 Å². The van der Waals surface area contributed by atoms with Gasteiger partial charge in [0.1, 0.15) is 11.5 Å². The SMILES string of the molecule is CC(C)c1onc(-c2c(Cl)cccc2Cl)c1CN. The molecule has 0 aliphatic rings. The Balaban J connectivity index is 2.65. The lowest BCUT2D eigenvalue weighted by molar-refractivity contribution is 0.371. The van der Waals surface area contributed by atoms with E-state index in [9.17, 15) is 0 Å². The molecule has 2 N–H and O–H groups in total. The van der Waals surface area contributed by atoms with E-state index in [-0.39, 0.29) is 5.92 Å². The summed E-state index contributed by atoms with van der Waals surface area (Å²) in [4.78, 5) is 0. The molecule has 2 aromatic rings. The summed E-state index contributed by atoms with van der Waals surface area (Å²) in [6, 6.07) is 5.33. The summed E-state index contributed by atoms with van der Waals surface area (Å²) < 4.78 is 5.37. The molecule has 3 nitrogen and oxygen atoms in total. The third-order valence-electron chi connectivity index (χ3n) is 2.75. The van der Waals surface area contributed by atoms with Crippen LogP contribution in [0.2, 0.25) is 10.0 Å². The summed E-state index contributed by atoms with van der Waals surface area (Å²) in [5.41, 5.74) is 7.96. The van der Waals surface area contributed by atoms with Crippen LogP contribution in [-0.2, 0) is 6.54 Å². The second-order valence-electron chi connectivity index (χ2n) is 4.33. The van der Waals surface area contributed by atoms with Crippen molar-refractivity contribution in [2.45, 2.75) is 26.3 Å². The van der Waals surface area contributed by atoms with E-state index >= 15 is 0 Å². The fourth-order valence-corrected chi connectivity index (χ4v) is 2.47. The maximum Gasteiger partial charge on any atom is 0.144 e. The number of benzene rings is 1. The van der Waals surface area contributed by atoms with Gasteiger partial charge in [-0.15, -0.1) is 0 Å². The molecule has 0 bridgehead atoms. The van der Waals surface area contributed by atoms with E-state index in [1.54, 1.807) is 18.2 Å². The highest BCUT2D eigenvalue weighted by Gasteiger charge is 2.21. The monoisotopic (exact) mass is 284 g/mol. The van der Waals surface area contributed by atoms with Crippen LogP contribution in [0.4, 0.5) is 0 Å². The van der Waals surface area contributed by atoms with Crippen molar-refractivity contribution in [2.75, 3.05) is 0 Å². The quantitative estimate of drug-likeness (QED) is 0.918. The first-order valence-electron chi connectivity index (χ1n) is 5.69. The first kappa shape index (κ1) is 13.4. The molecule has 0 unspecified atom stereocenters. The summed E-state index contributed by atoms with van der Waals surface area (Å²) in [7, 11) is 0. The van der Waals surface area contributed by atoms with Gasteiger partial charge in [-0.25, -0.2) is 0 Å². The van der Waals surface area contributed by atoms with E-state index in [2.05, 4.69) is 5.16 Å². The Morgan fingerprint density at radius 1 is 1.28 bits per heavy atom. The summed E-state index contributed by atoms with van der Waals surface area (Å²) in [6.45, 7) is 4.39. The van der Waals surface area contributed by atoms with E-state index in [1.807, 2.05) is 13.8 Å². The molecule has 0 radical (unpaired) electrons. The zero-order valence-corrected chi connectivity index (χ0v) is 11.7. The second-order valence-corrected chi connectivity index (χ2v) is 5.14. The summed E-state index contributed by atoms with van der Waals surface area (Å²) in [6.07, 6.45) is 0. The van der Waals surface area contributed by atoms with Gasteiger partial charge in [0, 0.05) is 23.6 Å². The largest absolute Gasteiger partial charge is 0.360 e. The maximum atomic E-state index is 6.17. The minimum Gasteiger partial charge on any atom is -0.360 e. The Bertz CT molecular complexity index is 544. The van der Waals surface area contributed by atoms with Crippen molar-refractivity contribution >= 4 is 23.2 Å². The molecule has 5 heteroatoms. The zero-order chi connectivity index (χ0) is 13.3. The van der Waals surface area contributed by atoms with Crippen molar-refractivity contribution in [3.8, 4) is 11.3 Å². The summed E-state index contributed by atoms with van der Waals surface area (Å²) >= 11 is 12.3. The van der Waals surface area contributed by atoms with Gasteiger partial charge < -0.3 is 10.3 Å². The lowest BCUT2D eigenvalue weighted by atomic mass is 10.0. The molecule has 1 aromatic carbocycles. The predicted octanol–water partition coefficient (Wildman–Crippen LogP) is 4.23. The van der Waals surface area contributed by atoms with E-state index in [1.165, 1.54) is 0 Å². The van der Waals surface area contributed by atoms with Crippen molar-refractivity contribution in [3.63, 3.8) is 0 Å². The third kappa shape index (κ3) is 2.26. The van der Waals surface area contributed by atoms with Crippen LogP contribution in [0.5, 0.6) is 0 Å². The number of halogens is 2. The molecule has 96 valence electrons. The van der Waals surface area contributed by atoms with Gasteiger partial charge in [-0.05, 0) is 12.1 Å². The topological polar surface area (TPSA) is 52.0 Å². The van der Waals surface area contributed by atoms with Gasteiger partial charge >= 0.3 is 0 Å². The molecule has 0 atom stereocenters. The number of nitrogens with two attached hydrogens (primary N) is 1. The lowest BCUT2D eigenvalue weighted by Crippen LogP contribution is -2.02. The van der Waals surface area contributed by atoms with Crippen LogP contribution in [0.1, 0.15) is 31.1 Å². The summed E-state index contributed by atoms with van der Waals surface area (Å²) in [5.74, 6) is 0.995. The molecule has 0 saturated carbocycles. The van der Waals surface area contributed by atoms with Gasteiger partial charge in [-0.3, -0.25) is 0 Å². The van der Waals surface area contributed by atoms with Gasteiger partial charge in [0.15, 0.2) is 0 Å². The Hall–Kier alpha value is -1.03. The molecule has 1 heterocycles. The van der Waals surface area contributed by atoms with Gasteiger partial charge in [0.25, 0.3) is 0 Å². The Morgan fingerprint density at radius 2 is 1.89 bits per heavy atom. The number of nitrogens with zero attached hydrogens (tertiary/aromatic N) is 1. The molecule has 1 aromatic heterocycles. The lowest BCUT2D eigenvalue weighted by Gasteiger charge is -2.06. The smallest absolute Gasteiger partial charge is 0.144 e. The average Bonchev–Trinajstić information content (AvgIpc) is 2.72. The molecular weight excluding hydrogens is 271 g/mol. The molecule has 0 spiro atoms. The molecule has 0 fully saturated rings. The average molecular weight is 285 g/mol. The third-order valence-corrected chi connectivity index (χ3v) is 3.38. The van der Waals surface area contributed by atoms with Crippen LogP contribution >= 0.6 is 23.2 Å². The zero-order valence-electron chi connectivity index (χ0n) is 10.2. The second kappa shape index (κ2) is 5.31. The Morgan fingerprint density at radius 3 is 2.39 bits per heavy atom.